The molecular weight excluding hydrogens is 270 g/mol. The maximum absolute atomic E-state index is 10.9. The second-order valence-electron chi connectivity index (χ2n) is 4.60. The summed E-state index contributed by atoms with van der Waals surface area (Å²) < 4.78 is 0. The van der Waals surface area contributed by atoms with Gasteiger partial charge in [-0.3, -0.25) is 15.1 Å². The number of benzene rings is 1. The van der Waals surface area contributed by atoms with Crippen molar-refractivity contribution in [3.05, 3.63) is 64.0 Å². The average molecular weight is 287 g/mol. The predicted molar refractivity (Wildman–Crippen MR) is 80.0 cm³/mol. The van der Waals surface area contributed by atoms with Crippen molar-refractivity contribution in [2.45, 2.75) is 20.1 Å². The van der Waals surface area contributed by atoms with Gasteiger partial charge in [-0.05, 0) is 36.8 Å². The van der Waals surface area contributed by atoms with Crippen molar-refractivity contribution >= 4 is 11.4 Å². The molecule has 0 amide bonds. The highest BCUT2D eigenvalue weighted by molar-refractivity contribution is 5.55. The van der Waals surface area contributed by atoms with Crippen molar-refractivity contribution < 1.29 is 10.0 Å². The molecule has 0 fully saturated rings. The second-order valence-corrected chi connectivity index (χ2v) is 4.60. The molecule has 21 heavy (non-hydrogen) atoms. The summed E-state index contributed by atoms with van der Waals surface area (Å²) in [5.41, 5.74) is 2.23. The molecule has 2 aromatic rings. The van der Waals surface area contributed by atoms with Crippen LogP contribution in [0, 0.1) is 10.1 Å². The van der Waals surface area contributed by atoms with Gasteiger partial charge in [0.2, 0.25) is 0 Å². The van der Waals surface area contributed by atoms with Crippen molar-refractivity contribution in [3.63, 3.8) is 0 Å². The maximum atomic E-state index is 10.9. The van der Waals surface area contributed by atoms with Gasteiger partial charge in [-0.15, -0.1) is 0 Å². The molecule has 0 radical (unpaired) electrons. The number of pyridine rings is 1. The Balaban J connectivity index is 2.28. The highest BCUT2D eigenvalue weighted by Gasteiger charge is 2.15. The van der Waals surface area contributed by atoms with Gasteiger partial charge < -0.3 is 10.0 Å². The number of nitro benzene ring substituents is 1. The lowest BCUT2D eigenvalue weighted by Crippen LogP contribution is -2.22. The van der Waals surface area contributed by atoms with Crippen molar-refractivity contribution in [1.82, 2.24) is 4.98 Å². The van der Waals surface area contributed by atoms with Gasteiger partial charge in [-0.25, -0.2) is 0 Å². The van der Waals surface area contributed by atoms with Gasteiger partial charge in [0.1, 0.15) is 0 Å². The topological polar surface area (TPSA) is 79.5 Å². The average Bonchev–Trinajstić information content (AvgIpc) is 2.52. The van der Waals surface area contributed by atoms with Crippen LogP contribution in [0.5, 0.6) is 0 Å². The molecule has 0 aliphatic heterocycles. The normalized spacial score (nSPS) is 10.4. The lowest BCUT2D eigenvalue weighted by molar-refractivity contribution is -0.385. The minimum absolute atomic E-state index is 0.0544. The Bertz CT molecular complexity index is 617. The molecule has 0 saturated carbocycles. The van der Waals surface area contributed by atoms with Crippen LogP contribution in [0.4, 0.5) is 11.4 Å². The summed E-state index contributed by atoms with van der Waals surface area (Å²) in [4.78, 5) is 16.5. The Hall–Kier alpha value is -2.47. The van der Waals surface area contributed by atoms with E-state index in [2.05, 4.69) is 9.88 Å². The first-order chi connectivity index (χ1) is 10.2. The molecule has 1 aromatic carbocycles. The van der Waals surface area contributed by atoms with Gasteiger partial charge in [-0.1, -0.05) is 0 Å². The first-order valence-corrected chi connectivity index (χ1v) is 6.67. The number of aromatic nitrogens is 1. The molecule has 6 nitrogen and oxygen atoms in total. The number of aliphatic hydroxyl groups is 1. The van der Waals surface area contributed by atoms with Crippen LogP contribution in [-0.4, -0.2) is 21.6 Å². The van der Waals surface area contributed by atoms with Crippen LogP contribution in [0.3, 0.4) is 0 Å². The van der Waals surface area contributed by atoms with E-state index in [1.165, 1.54) is 6.07 Å². The summed E-state index contributed by atoms with van der Waals surface area (Å²) in [6.45, 7) is 3.10. The Labute approximate surface area is 122 Å². The fraction of sp³-hybridized carbons (Fsp3) is 0.267. The molecule has 2 rings (SSSR count). The lowest BCUT2D eigenvalue weighted by Gasteiger charge is -2.23. The molecule has 0 unspecified atom stereocenters. The SMILES string of the molecule is CCN(Cc1ccncc1)c1ccc([N+](=O)[O-])c(CO)c1. The molecule has 0 saturated heterocycles. The number of nitro groups is 1. The van der Waals surface area contributed by atoms with E-state index in [0.29, 0.717) is 12.1 Å². The molecule has 1 N–H and O–H groups in total. The minimum atomic E-state index is -0.478. The molecule has 0 atom stereocenters. The van der Waals surface area contributed by atoms with E-state index < -0.39 is 4.92 Å². The Kier molecular flexibility index (Phi) is 4.84. The van der Waals surface area contributed by atoms with E-state index in [1.54, 1.807) is 24.5 Å². The molecule has 0 spiro atoms. The van der Waals surface area contributed by atoms with Crippen molar-refractivity contribution in [2.75, 3.05) is 11.4 Å². The van der Waals surface area contributed by atoms with E-state index in [0.717, 1.165) is 17.8 Å². The fourth-order valence-corrected chi connectivity index (χ4v) is 2.17. The molecule has 0 bridgehead atoms. The van der Waals surface area contributed by atoms with Gasteiger partial charge in [0, 0.05) is 37.2 Å². The van der Waals surface area contributed by atoms with Crippen molar-refractivity contribution in [3.8, 4) is 0 Å². The third-order valence-corrected chi connectivity index (χ3v) is 3.30. The third-order valence-electron chi connectivity index (χ3n) is 3.30. The van der Waals surface area contributed by atoms with Crippen LogP contribution < -0.4 is 4.90 Å². The van der Waals surface area contributed by atoms with Crippen LogP contribution in [0.2, 0.25) is 0 Å². The Morgan fingerprint density at radius 3 is 2.57 bits per heavy atom. The molecule has 0 aliphatic rings. The number of hydrogen-bond donors (Lipinski definition) is 1. The fourth-order valence-electron chi connectivity index (χ4n) is 2.17. The minimum Gasteiger partial charge on any atom is -0.391 e. The van der Waals surface area contributed by atoms with Crippen LogP contribution in [-0.2, 0) is 13.2 Å². The molecule has 110 valence electrons. The van der Waals surface area contributed by atoms with Gasteiger partial charge >= 0.3 is 0 Å². The van der Waals surface area contributed by atoms with E-state index >= 15 is 0 Å². The standard InChI is InChI=1S/C15H17N3O3/c1-2-17(10-12-5-7-16-8-6-12)14-3-4-15(18(20)21)13(9-14)11-19/h3-9,19H,2,10-11H2,1H3. The van der Waals surface area contributed by atoms with E-state index in [-0.39, 0.29) is 12.3 Å². The quantitative estimate of drug-likeness (QED) is 0.652. The molecule has 6 heteroatoms. The summed E-state index contributed by atoms with van der Waals surface area (Å²) in [7, 11) is 0. The lowest BCUT2D eigenvalue weighted by atomic mass is 10.1. The zero-order chi connectivity index (χ0) is 15.2. The van der Waals surface area contributed by atoms with Crippen molar-refractivity contribution in [1.29, 1.82) is 0 Å². The van der Waals surface area contributed by atoms with Gasteiger partial charge in [-0.2, -0.15) is 0 Å². The van der Waals surface area contributed by atoms with Crippen LogP contribution in [0.1, 0.15) is 18.1 Å². The smallest absolute Gasteiger partial charge is 0.275 e. The van der Waals surface area contributed by atoms with E-state index in [1.807, 2.05) is 19.1 Å². The third kappa shape index (κ3) is 3.55. The van der Waals surface area contributed by atoms with Gasteiger partial charge in [0.05, 0.1) is 17.1 Å². The monoisotopic (exact) mass is 287 g/mol. The highest BCUT2D eigenvalue weighted by Crippen LogP contribution is 2.26. The molecular formula is C15H17N3O3. The number of anilines is 1. The maximum Gasteiger partial charge on any atom is 0.275 e. The van der Waals surface area contributed by atoms with E-state index in [9.17, 15) is 15.2 Å². The van der Waals surface area contributed by atoms with Crippen molar-refractivity contribution in [2.24, 2.45) is 0 Å². The van der Waals surface area contributed by atoms with Crippen LogP contribution in [0.15, 0.2) is 42.7 Å². The largest absolute Gasteiger partial charge is 0.391 e. The van der Waals surface area contributed by atoms with E-state index in [4.69, 9.17) is 0 Å². The molecule has 1 heterocycles. The first-order valence-electron chi connectivity index (χ1n) is 6.67. The number of nitrogens with zero attached hydrogens (tertiary/aromatic N) is 3. The molecule has 0 aliphatic carbocycles. The number of rotatable bonds is 6. The van der Waals surface area contributed by atoms with Gasteiger partial charge in [0.15, 0.2) is 0 Å². The number of hydrogen-bond acceptors (Lipinski definition) is 5. The first kappa shape index (κ1) is 14.9. The molecule has 1 aromatic heterocycles. The van der Waals surface area contributed by atoms with Crippen LogP contribution >= 0.6 is 0 Å². The van der Waals surface area contributed by atoms with Crippen LogP contribution in [0.25, 0.3) is 0 Å². The van der Waals surface area contributed by atoms with Gasteiger partial charge in [0.25, 0.3) is 5.69 Å². The zero-order valence-corrected chi connectivity index (χ0v) is 11.8. The summed E-state index contributed by atoms with van der Waals surface area (Å²) >= 11 is 0. The Morgan fingerprint density at radius 2 is 2.00 bits per heavy atom. The highest BCUT2D eigenvalue weighted by atomic mass is 16.6. The second kappa shape index (κ2) is 6.81. The number of aliphatic hydroxyl groups excluding tert-OH is 1. The summed E-state index contributed by atoms with van der Waals surface area (Å²) in [6.07, 6.45) is 3.47. The zero-order valence-electron chi connectivity index (χ0n) is 11.8. The summed E-state index contributed by atoms with van der Waals surface area (Å²) in [5, 5.41) is 20.2. The summed E-state index contributed by atoms with van der Waals surface area (Å²) in [5.74, 6) is 0. The predicted octanol–water partition coefficient (Wildman–Crippen LogP) is 2.51. The Morgan fingerprint density at radius 1 is 1.29 bits per heavy atom. The summed E-state index contributed by atoms with van der Waals surface area (Å²) in [6, 6.07) is 8.68.